The van der Waals surface area contributed by atoms with Crippen molar-refractivity contribution < 1.29 is 19.0 Å². The number of carbonyl (C=O) groups is 1. The van der Waals surface area contributed by atoms with Gasteiger partial charge in [0.2, 0.25) is 5.95 Å². The Morgan fingerprint density at radius 3 is 2.69 bits per heavy atom. The number of nitrogens with one attached hydrogen (secondary N) is 2. The van der Waals surface area contributed by atoms with Crippen molar-refractivity contribution in [1.82, 2.24) is 24.4 Å². The number of amides is 1. The first-order chi connectivity index (χ1) is 20.3. The topological polar surface area (TPSA) is 116 Å². The molecule has 0 bridgehead atoms. The second-order valence-corrected chi connectivity index (χ2v) is 11.3. The van der Waals surface area contributed by atoms with Gasteiger partial charge in [-0.25, -0.2) is 9.78 Å². The van der Waals surface area contributed by atoms with Crippen molar-refractivity contribution in [3.8, 4) is 5.75 Å². The predicted molar refractivity (Wildman–Crippen MR) is 162 cm³/mol. The number of likely N-dealkylation sites (tertiary alicyclic amines) is 1. The van der Waals surface area contributed by atoms with Gasteiger partial charge in [-0.1, -0.05) is 36.4 Å². The van der Waals surface area contributed by atoms with E-state index in [1.165, 1.54) is 0 Å². The molecule has 42 heavy (non-hydrogen) atoms. The maximum absolute atomic E-state index is 12.9. The fourth-order valence-electron chi connectivity index (χ4n) is 4.85. The Hall–Kier alpha value is -4.38. The quantitative estimate of drug-likeness (QED) is 0.228. The van der Waals surface area contributed by atoms with Crippen LogP contribution in [0.1, 0.15) is 45.2 Å². The highest BCUT2D eigenvalue weighted by Crippen LogP contribution is 2.30. The monoisotopic (exact) mass is 573 g/mol. The van der Waals surface area contributed by atoms with Gasteiger partial charge in [0.1, 0.15) is 18.0 Å². The van der Waals surface area contributed by atoms with Crippen molar-refractivity contribution in [2.75, 3.05) is 44.0 Å². The molecular weight excluding hydrogens is 534 g/mol. The standard InChI is InChI=1S/C31H39N7O4/c1-31(2,3)42-30(39)37-15-9-13-24(20-37)38-21-33-26-27(32-19-22-10-6-5-7-11-22)35-29(36-28(26)38)34-23-12-8-14-25(18-23)41-17-16-40-4/h5-8,10-12,14,18,21,24H,9,13,15-17,19-20H2,1-4H3,(H2,32,34,35,36). The number of anilines is 3. The number of aromatic nitrogens is 4. The molecule has 2 aromatic heterocycles. The van der Waals surface area contributed by atoms with Crippen LogP contribution in [0, 0.1) is 0 Å². The van der Waals surface area contributed by atoms with Gasteiger partial charge in [0.25, 0.3) is 0 Å². The number of piperidine rings is 1. The first kappa shape index (κ1) is 29.1. The third-order valence-corrected chi connectivity index (χ3v) is 6.81. The molecule has 1 atom stereocenters. The van der Waals surface area contributed by atoms with Gasteiger partial charge in [0.15, 0.2) is 17.0 Å². The van der Waals surface area contributed by atoms with Crippen LogP contribution in [-0.2, 0) is 16.0 Å². The van der Waals surface area contributed by atoms with Gasteiger partial charge in [0.05, 0.1) is 19.0 Å². The number of benzene rings is 2. The molecule has 1 fully saturated rings. The molecule has 0 radical (unpaired) electrons. The predicted octanol–water partition coefficient (Wildman–Crippen LogP) is 5.78. The highest BCUT2D eigenvalue weighted by Gasteiger charge is 2.30. The van der Waals surface area contributed by atoms with Crippen molar-refractivity contribution in [2.24, 2.45) is 0 Å². The minimum atomic E-state index is -0.551. The summed E-state index contributed by atoms with van der Waals surface area (Å²) in [7, 11) is 1.64. The molecule has 1 aliphatic heterocycles. The zero-order valence-electron chi connectivity index (χ0n) is 24.7. The summed E-state index contributed by atoms with van der Waals surface area (Å²) in [5, 5.41) is 6.79. The molecule has 0 saturated carbocycles. The second-order valence-electron chi connectivity index (χ2n) is 11.3. The smallest absolute Gasteiger partial charge is 0.410 e. The fraction of sp³-hybridized carbons (Fsp3) is 0.419. The lowest BCUT2D eigenvalue weighted by Crippen LogP contribution is -2.43. The van der Waals surface area contributed by atoms with E-state index in [0.29, 0.717) is 55.8 Å². The van der Waals surface area contributed by atoms with E-state index in [-0.39, 0.29) is 12.1 Å². The van der Waals surface area contributed by atoms with E-state index >= 15 is 0 Å². The maximum atomic E-state index is 12.9. The van der Waals surface area contributed by atoms with Crippen LogP contribution in [0.4, 0.5) is 22.2 Å². The largest absolute Gasteiger partial charge is 0.491 e. The lowest BCUT2D eigenvalue weighted by molar-refractivity contribution is 0.0174. The summed E-state index contributed by atoms with van der Waals surface area (Å²) in [6.07, 6.45) is 3.25. The second kappa shape index (κ2) is 13.1. The van der Waals surface area contributed by atoms with Crippen LogP contribution in [0.5, 0.6) is 5.75 Å². The summed E-state index contributed by atoms with van der Waals surface area (Å²) in [4.78, 5) is 29.0. The minimum absolute atomic E-state index is 0.00138. The molecule has 2 aromatic carbocycles. The number of hydrogen-bond acceptors (Lipinski definition) is 9. The van der Waals surface area contributed by atoms with Gasteiger partial charge in [-0.2, -0.15) is 9.97 Å². The van der Waals surface area contributed by atoms with Gasteiger partial charge in [0, 0.05) is 38.5 Å². The molecule has 11 nitrogen and oxygen atoms in total. The van der Waals surface area contributed by atoms with Crippen molar-refractivity contribution in [3.05, 3.63) is 66.5 Å². The Labute approximate surface area is 246 Å². The van der Waals surface area contributed by atoms with Gasteiger partial charge >= 0.3 is 6.09 Å². The number of rotatable bonds is 10. The first-order valence-corrected chi connectivity index (χ1v) is 14.3. The molecule has 4 aromatic rings. The first-order valence-electron chi connectivity index (χ1n) is 14.3. The summed E-state index contributed by atoms with van der Waals surface area (Å²) < 4.78 is 18.6. The van der Waals surface area contributed by atoms with Crippen LogP contribution >= 0.6 is 0 Å². The third kappa shape index (κ3) is 7.47. The summed E-state index contributed by atoms with van der Waals surface area (Å²) in [5.74, 6) is 1.76. The Kier molecular flexibility index (Phi) is 9.06. The molecule has 11 heteroatoms. The molecule has 0 spiro atoms. The molecular formula is C31H39N7O4. The zero-order valence-corrected chi connectivity index (χ0v) is 24.7. The van der Waals surface area contributed by atoms with Gasteiger partial charge in [-0.3, -0.25) is 0 Å². The summed E-state index contributed by atoms with van der Waals surface area (Å²) in [6.45, 7) is 8.36. The van der Waals surface area contributed by atoms with Crippen molar-refractivity contribution in [3.63, 3.8) is 0 Å². The Morgan fingerprint density at radius 1 is 1.07 bits per heavy atom. The summed E-state index contributed by atoms with van der Waals surface area (Å²) >= 11 is 0. The number of fused-ring (bicyclic) bond motifs is 1. The molecule has 3 heterocycles. The number of ether oxygens (including phenoxy) is 3. The van der Waals surface area contributed by atoms with E-state index in [9.17, 15) is 4.79 Å². The number of hydrogen-bond donors (Lipinski definition) is 2. The molecule has 0 aliphatic carbocycles. The van der Waals surface area contributed by atoms with E-state index in [2.05, 4.69) is 27.3 Å². The lowest BCUT2D eigenvalue weighted by Gasteiger charge is -2.34. The van der Waals surface area contributed by atoms with Crippen molar-refractivity contribution >= 4 is 34.7 Å². The number of methoxy groups -OCH3 is 1. The highest BCUT2D eigenvalue weighted by molar-refractivity contribution is 5.85. The lowest BCUT2D eigenvalue weighted by atomic mass is 10.1. The number of imidazole rings is 1. The van der Waals surface area contributed by atoms with Crippen LogP contribution in [0.15, 0.2) is 60.9 Å². The molecule has 222 valence electrons. The fourth-order valence-corrected chi connectivity index (χ4v) is 4.85. The zero-order chi connectivity index (χ0) is 29.5. The van der Waals surface area contributed by atoms with Gasteiger partial charge in [-0.15, -0.1) is 0 Å². The van der Waals surface area contributed by atoms with Crippen LogP contribution in [-0.4, -0.2) is 69.5 Å². The van der Waals surface area contributed by atoms with Crippen LogP contribution in [0.2, 0.25) is 0 Å². The van der Waals surface area contributed by atoms with Gasteiger partial charge < -0.3 is 34.3 Å². The van der Waals surface area contributed by atoms with E-state index in [1.807, 2.05) is 63.2 Å². The maximum Gasteiger partial charge on any atom is 0.410 e. The Morgan fingerprint density at radius 2 is 1.90 bits per heavy atom. The average Bonchev–Trinajstić information content (AvgIpc) is 3.40. The van der Waals surface area contributed by atoms with Gasteiger partial charge in [-0.05, 0) is 51.3 Å². The Balaban J connectivity index is 1.44. The SMILES string of the molecule is COCCOc1cccc(Nc2nc(NCc3ccccc3)c3ncn(C4CCCN(C(=O)OC(C)(C)C)C4)c3n2)c1. The molecule has 2 N–H and O–H groups in total. The van der Waals surface area contributed by atoms with Crippen LogP contribution in [0.25, 0.3) is 11.2 Å². The normalized spacial score (nSPS) is 15.4. The number of carbonyl (C=O) groups excluding carboxylic acids is 1. The average molecular weight is 574 g/mol. The van der Waals surface area contributed by atoms with E-state index in [1.54, 1.807) is 18.3 Å². The summed E-state index contributed by atoms with van der Waals surface area (Å²) in [5.41, 5.74) is 2.72. The van der Waals surface area contributed by atoms with Crippen molar-refractivity contribution in [1.29, 1.82) is 0 Å². The third-order valence-electron chi connectivity index (χ3n) is 6.81. The van der Waals surface area contributed by atoms with E-state index in [4.69, 9.17) is 29.2 Å². The van der Waals surface area contributed by atoms with E-state index in [0.717, 1.165) is 29.8 Å². The van der Waals surface area contributed by atoms with Crippen molar-refractivity contribution in [2.45, 2.75) is 51.8 Å². The van der Waals surface area contributed by atoms with Crippen LogP contribution in [0.3, 0.4) is 0 Å². The molecule has 1 aliphatic rings. The molecule has 1 unspecified atom stereocenters. The van der Waals surface area contributed by atoms with Crippen LogP contribution < -0.4 is 15.4 Å². The Bertz CT molecular complexity index is 1490. The molecule has 5 rings (SSSR count). The number of nitrogens with zero attached hydrogens (tertiary/aromatic N) is 5. The summed E-state index contributed by atoms with van der Waals surface area (Å²) in [6, 6.07) is 17.8. The highest BCUT2D eigenvalue weighted by atomic mass is 16.6. The molecule has 1 amide bonds. The molecule has 1 saturated heterocycles. The van der Waals surface area contributed by atoms with E-state index < -0.39 is 5.60 Å². The minimum Gasteiger partial charge on any atom is -0.491 e.